The summed E-state index contributed by atoms with van der Waals surface area (Å²) in [4.78, 5) is 0. The van der Waals surface area contributed by atoms with Crippen LogP contribution >= 0.6 is 0 Å². The van der Waals surface area contributed by atoms with Gasteiger partial charge in [-0.25, -0.2) is 4.39 Å². The Morgan fingerprint density at radius 1 is 0.780 bits per heavy atom. The second kappa shape index (κ2) is 12.8. The normalized spacial score (nSPS) is 13.5. The molecule has 0 aliphatic carbocycles. The van der Waals surface area contributed by atoms with Crippen LogP contribution in [0.2, 0.25) is 0 Å². The van der Waals surface area contributed by atoms with E-state index in [1.54, 1.807) is 0 Å². The van der Waals surface area contributed by atoms with E-state index in [4.69, 9.17) is 5.73 Å². The van der Waals surface area contributed by atoms with Crippen LogP contribution < -0.4 is 15.8 Å². The number of rotatable bonds is 8. The van der Waals surface area contributed by atoms with Gasteiger partial charge < -0.3 is 15.8 Å². The number of nitrogens with two attached hydrogens (primary N) is 1. The number of halogens is 10. The zero-order valence-corrected chi connectivity index (χ0v) is 21.7. The van der Waals surface area contributed by atoms with Crippen molar-refractivity contribution in [1.82, 2.24) is 5.32 Å². The highest BCUT2D eigenvalue weighted by molar-refractivity contribution is 5.65. The molecule has 0 aliphatic rings. The third-order valence-corrected chi connectivity index (χ3v) is 5.75. The van der Waals surface area contributed by atoms with Crippen molar-refractivity contribution in [3.8, 4) is 5.75 Å². The van der Waals surface area contributed by atoms with Crippen molar-refractivity contribution in [2.45, 2.75) is 44.5 Å². The fourth-order valence-corrected chi connectivity index (χ4v) is 4.06. The lowest BCUT2D eigenvalue weighted by Crippen LogP contribution is -2.44. The van der Waals surface area contributed by atoms with E-state index in [0.717, 1.165) is 42.5 Å². The smallest absolute Gasteiger partial charge is 0.406 e. The molecule has 0 bridgehead atoms. The highest BCUT2D eigenvalue weighted by Crippen LogP contribution is 2.40. The predicted octanol–water partition coefficient (Wildman–Crippen LogP) is 8.64. The summed E-state index contributed by atoms with van der Waals surface area (Å²) in [7, 11) is 0. The van der Waals surface area contributed by atoms with E-state index in [1.807, 2.05) is 13.8 Å². The summed E-state index contributed by atoms with van der Waals surface area (Å²) in [6.07, 6.45) is -15.2. The molecule has 0 aromatic heterocycles. The highest BCUT2D eigenvalue weighted by atomic mass is 19.4. The van der Waals surface area contributed by atoms with Gasteiger partial charge in [-0.3, -0.25) is 0 Å². The first-order valence-corrected chi connectivity index (χ1v) is 12.0. The lowest BCUT2D eigenvalue weighted by Gasteiger charge is -2.38. The zero-order valence-electron chi connectivity index (χ0n) is 21.7. The van der Waals surface area contributed by atoms with Gasteiger partial charge in [-0.1, -0.05) is 44.7 Å². The Hall–Kier alpha value is -3.74. The molecule has 1 unspecified atom stereocenters. The molecule has 3 N–H and O–H groups in total. The number of hydrogen-bond donors (Lipinski definition) is 2. The third-order valence-electron chi connectivity index (χ3n) is 5.75. The summed E-state index contributed by atoms with van der Waals surface area (Å²) in [5.41, 5.74) is 0.436. The monoisotopic (exact) mass is 596 g/mol. The van der Waals surface area contributed by atoms with Crippen LogP contribution in [-0.2, 0) is 17.9 Å². The summed E-state index contributed by atoms with van der Waals surface area (Å²) in [6.45, 7) is 7.44. The van der Waals surface area contributed by atoms with Crippen LogP contribution in [0.4, 0.5) is 43.9 Å². The van der Waals surface area contributed by atoms with Gasteiger partial charge in [-0.05, 0) is 72.1 Å². The molecule has 0 heterocycles. The average Bonchev–Trinajstić information content (AvgIpc) is 2.88. The molecular formula is C28H26F10N2O. The number of alkyl halides is 9. The van der Waals surface area contributed by atoms with Crippen LogP contribution in [0, 0.1) is 5.82 Å². The summed E-state index contributed by atoms with van der Waals surface area (Å²) in [6, 6.07) is 10.1. The van der Waals surface area contributed by atoms with Crippen molar-refractivity contribution in [2.24, 2.45) is 5.73 Å². The Balaban J connectivity index is 0.00000287. The van der Waals surface area contributed by atoms with E-state index < -0.39 is 46.9 Å². The molecule has 0 amide bonds. The minimum atomic E-state index is -5.09. The van der Waals surface area contributed by atoms with E-state index in [9.17, 15) is 43.9 Å². The topological polar surface area (TPSA) is 47.3 Å². The van der Waals surface area contributed by atoms with Crippen LogP contribution in [0.15, 0.2) is 73.3 Å². The molecule has 3 nitrogen and oxygen atoms in total. The molecule has 13 heteroatoms. The molecule has 3 rings (SSSR count). The summed E-state index contributed by atoms with van der Waals surface area (Å²) >= 11 is 0. The van der Waals surface area contributed by atoms with Gasteiger partial charge in [-0.15, -0.1) is 13.2 Å². The van der Waals surface area contributed by atoms with Gasteiger partial charge in [0.1, 0.15) is 11.6 Å². The standard InChI is InChI=1S/C26H20F10N2O.C2H6/c1-15(16-8-9-22(27)21(12-16)25(31,32)33)38-23(10-11-37,17-4-2-6-19(13-17)24(28,29)30)18-5-3-7-20(14-18)39-26(34,35)36;1-2/h2-9,12-14,38H,1,10-11,37H2;1-2H3. The van der Waals surface area contributed by atoms with Crippen LogP contribution in [-0.4, -0.2) is 12.9 Å². The Morgan fingerprint density at radius 2 is 1.34 bits per heavy atom. The van der Waals surface area contributed by atoms with Crippen molar-refractivity contribution in [3.05, 3.63) is 107 Å². The lowest BCUT2D eigenvalue weighted by molar-refractivity contribution is -0.274. The van der Waals surface area contributed by atoms with Crippen LogP contribution in [0.3, 0.4) is 0 Å². The van der Waals surface area contributed by atoms with Gasteiger partial charge in [-0.2, -0.15) is 26.3 Å². The molecule has 0 aliphatic heterocycles. The Bertz CT molecular complexity index is 1330. The minimum Gasteiger partial charge on any atom is -0.406 e. The fourth-order valence-electron chi connectivity index (χ4n) is 4.06. The number of nitrogens with one attached hydrogen (secondary N) is 1. The van der Waals surface area contributed by atoms with Crippen molar-refractivity contribution in [2.75, 3.05) is 6.54 Å². The molecule has 0 fully saturated rings. The molecule has 0 saturated carbocycles. The number of hydrogen-bond acceptors (Lipinski definition) is 3. The first kappa shape index (κ1) is 33.5. The van der Waals surface area contributed by atoms with Gasteiger partial charge in [0.05, 0.1) is 16.7 Å². The third kappa shape index (κ3) is 8.38. The van der Waals surface area contributed by atoms with Gasteiger partial charge >= 0.3 is 18.7 Å². The highest BCUT2D eigenvalue weighted by Gasteiger charge is 2.39. The zero-order chi connectivity index (χ0) is 31.2. The second-order valence-electron chi connectivity index (χ2n) is 8.39. The van der Waals surface area contributed by atoms with Crippen molar-refractivity contribution >= 4 is 5.70 Å². The van der Waals surface area contributed by atoms with Gasteiger partial charge in [0.25, 0.3) is 0 Å². The average molecular weight is 597 g/mol. The lowest BCUT2D eigenvalue weighted by atomic mass is 9.78. The Morgan fingerprint density at radius 3 is 1.88 bits per heavy atom. The molecule has 41 heavy (non-hydrogen) atoms. The first-order valence-electron chi connectivity index (χ1n) is 12.0. The molecule has 0 spiro atoms. The quantitative estimate of drug-likeness (QED) is 0.256. The van der Waals surface area contributed by atoms with E-state index >= 15 is 0 Å². The van der Waals surface area contributed by atoms with E-state index in [-0.39, 0.29) is 35.4 Å². The van der Waals surface area contributed by atoms with Crippen LogP contribution in [0.25, 0.3) is 5.70 Å². The molecule has 3 aromatic rings. The van der Waals surface area contributed by atoms with Crippen LogP contribution in [0.1, 0.15) is 48.1 Å². The summed E-state index contributed by atoms with van der Waals surface area (Å²) < 4.78 is 137. The van der Waals surface area contributed by atoms with E-state index in [1.165, 1.54) is 12.1 Å². The van der Waals surface area contributed by atoms with E-state index in [0.29, 0.717) is 12.1 Å². The van der Waals surface area contributed by atoms with Crippen molar-refractivity contribution in [1.29, 1.82) is 0 Å². The van der Waals surface area contributed by atoms with E-state index in [2.05, 4.69) is 16.6 Å². The second-order valence-corrected chi connectivity index (χ2v) is 8.39. The van der Waals surface area contributed by atoms with Crippen LogP contribution in [0.5, 0.6) is 5.75 Å². The maximum absolute atomic E-state index is 13.9. The largest absolute Gasteiger partial charge is 0.573 e. The van der Waals surface area contributed by atoms with Gasteiger partial charge in [0, 0.05) is 5.70 Å². The molecule has 0 radical (unpaired) electrons. The molecule has 1 atom stereocenters. The number of benzene rings is 3. The molecule has 224 valence electrons. The summed E-state index contributed by atoms with van der Waals surface area (Å²) in [5, 5.41) is 2.78. The van der Waals surface area contributed by atoms with Crippen molar-refractivity contribution < 1.29 is 48.6 Å². The molecular weight excluding hydrogens is 570 g/mol. The number of ether oxygens (including phenoxy) is 1. The molecule has 0 saturated heterocycles. The molecule has 3 aromatic carbocycles. The minimum absolute atomic E-state index is 0.0617. The maximum Gasteiger partial charge on any atom is 0.573 e. The van der Waals surface area contributed by atoms with Gasteiger partial charge in [0.15, 0.2) is 0 Å². The first-order chi connectivity index (χ1) is 19.0. The Labute approximate surface area is 229 Å². The van der Waals surface area contributed by atoms with Gasteiger partial charge in [0.2, 0.25) is 0 Å². The fraction of sp³-hybridized carbons (Fsp3) is 0.286. The SMILES string of the molecule is C=C(NC(CCN)(c1cccc(OC(F)(F)F)c1)c1cccc(C(F)(F)F)c1)c1ccc(F)c(C(F)(F)F)c1.CC. The summed E-state index contributed by atoms with van der Waals surface area (Å²) in [5.74, 6) is -2.27. The Kier molecular flexibility index (Phi) is 10.5. The maximum atomic E-state index is 13.9. The van der Waals surface area contributed by atoms with Crippen molar-refractivity contribution in [3.63, 3.8) is 0 Å². The predicted molar refractivity (Wildman–Crippen MR) is 134 cm³/mol.